The number of nitrogens with zero attached hydrogens (tertiary/aromatic N) is 3. The van der Waals surface area contributed by atoms with Crippen LogP contribution in [0.1, 0.15) is 10.6 Å². The van der Waals surface area contributed by atoms with Crippen LogP contribution in [0.5, 0.6) is 0 Å². The van der Waals surface area contributed by atoms with Crippen molar-refractivity contribution >= 4 is 40.1 Å². The molecule has 20 heavy (non-hydrogen) atoms. The van der Waals surface area contributed by atoms with Crippen LogP contribution in [0.4, 0.5) is 5.69 Å². The van der Waals surface area contributed by atoms with Crippen molar-refractivity contribution < 1.29 is 4.92 Å². The van der Waals surface area contributed by atoms with Gasteiger partial charge in [0.1, 0.15) is 5.52 Å². The molecule has 0 radical (unpaired) electrons. The van der Waals surface area contributed by atoms with Gasteiger partial charge in [0.05, 0.1) is 16.1 Å². The third-order valence-electron chi connectivity index (χ3n) is 2.79. The number of hydrogen-bond acceptors (Lipinski definition) is 5. The number of hydrogen-bond donors (Lipinski definition) is 0. The van der Waals surface area contributed by atoms with Crippen molar-refractivity contribution in [1.29, 1.82) is 0 Å². The topological polar surface area (TPSA) is 68.9 Å². The van der Waals surface area contributed by atoms with Crippen LogP contribution in [-0.2, 0) is 0 Å². The third kappa shape index (κ3) is 2.41. The number of fused-ring (bicyclic) bond motifs is 1. The molecule has 0 saturated heterocycles. The van der Waals surface area contributed by atoms with E-state index >= 15 is 0 Å². The fourth-order valence-electron chi connectivity index (χ4n) is 1.86. The molecule has 0 amide bonds. The first-order valence-corrected chi connectivity index (χ1v) is 6.73. The number of thiazole rings is 1. The predicted octanol–water partition coefficient (Wildman–Crippen LogP) is 3.77. The minimum Gasteiger partial charge on any atom is -0.258 e. The van der Waals surface area contributed by atoms with E-state index in [1.807, 2.05) is 30.4 Å². The Hall–Kier alpha value is -2.60. The quantitative estimate of drug-likeness (QED) is 0.542. The van der Waals surface area contributed by atoms with E-state index in [2.05, 4.69) is 9.97 Å². The van der Waals surface area contributed by atoms with Gasteiger partial charge < -0.3 is 0 Å². The second-order valence-corrected chi connectivity index (χ2v) is 5.00. The highest BCUT2D eigenvalue weighted by Crippen LogP contribution is 2.24. The molecule has 0 bridgehead atoms. The Morgan fingerprint density at radius 3 is 2.85 bits per heavy atom. The van der Waals surface area contributed by atoms with Gasteiger partial charge >= 0.3 is 0 Å². The van der Waals surface area contributed by atoms with Crippen LogP contribution in [0.2, 0.25) is 0 Å². The van der Waals surface area contributed by atoms with Crippen LogP contribution in [0.15, 0.2) is 42.0 Å². The molecule has 1 aromatic carbocycles. The van der Waals surface area contributed by atoms with Gasteiger partial charge in [0, 0.05) is 22.5 Å². The molecule has 0 atom stereocenters. The lowest BCUT2D eigenvalue weighted by atomic mass is 10.1. The predicted molar refractivity (Wildman–Crippen MR) is 79.4 cm³/mol. The molecule has 0 spiro atoms. The highest BCUT2D eigenvalue weighted by Gasteiger charge is 2.12. The molecule has 0 unspecified atom stereocenters. The zero-order chi connectivity index (χ0) is 13.9. The van der Waals surface area contributed by atoms with Crippen LogP contribution in [0, 0.1) is 10.1 Å². The van der Waals surface area contributed by atoms with Gasteiger partial charge in [0.2, 0.25) is 0 Å². The Morgan fingerprint density at radius 2 is 2.10 bits per heavy atom. The molecule has 0 aliphatic heterocycles. The summed E-state index contributed by atoms with van der Waals surface area (Å²) >= 11 is 1.52. The first-order chi connectivity index (χ1) is 9.74. The molecular formula is C14H9N3O2S. The Kier molecular flexibility index (Phi) is 3.22. The van der Waals surface area contributed by atoms with E-state index < -0.39 is 4.92 Å². The van der Waals surface area contributed by atoms with E-state index in [-0.39, 0.29) is 5.69 Å². The molecule has 6 heteroatoms. The zero-order valence-electron chi connectivity index (χ0n) is 10.3. The molecule has 0 aliphatic rings. The van der Waals surface area contributed by atoms with Crippen LogP contribution in [0.3, 0.4) is 0 Å². The summed E-state index contributed by atoms with van der Waals surface area (Å²) < 4.78 is 0. The Balaban J connectivity index is 2.05. The molecule has 0 fully saturated rings. The largest absolute Gasteiger partial charge is 0.295 e. The van der Waals surface area contributed by atoms with Crippen molar-refractivity contribution in [3.63, 3.8) is 0 Å². The average molecular weight is 283 g/mol. The van der Waals surface area contributed by atoms with E-state index in [0.29, 0.717) is 11.2 Å². The highest BCUT2D eigenvalue weighted by atomic mass is 32.1. The molecule has 2 aromatic heterocycles. The molecule has 0 saturated carbocycles. The fraction of sp³-hybridized carbons (Fsp3) is 0. The van der Waals surface area contributed by atoms with Crippen molar-refractivity contribution in [1.82, 2.24) is 9.97 Å². The standard InChI is InChI=1S/C14H9N3O2S/c18-17(19)13-3-1-2-10-4-5-11(16-14(10)13)6-7-12-8-15-9-20-12/h1-9H. The van der Waals surface area contributed by atoms with E-state index in [0.717, 1.165) is 10.3 Å². The number of para-hydroxylation sites is 1. The SMILES string of the molecule is O=[N+]([O-])c1cccc2ccc(C=Cc3cncs3)nc12. The fourth-order valence-corrected chi connectivity index (χ4v) is 2.37. The lowest BCUT2D eigenvalue weighted by molar-refractivity contribution is -0.383. The van der Waals surface area contributed by atoms with Gasteiger partial charge in [-0.05, 0) is 18.2 Å². The number of nitro benzene ring substituents is 1. The van der Waals surface area contributed by atoms with Gasteiger partial charge in [0.25, 0.3) is 5.69 Å². The summed E-state index contributed by atoms with van der Waals surface area (Å²) in [5.74, 6) is 0. The van der Waals surface area contributed by atoms with Crippen LogP contribution in [0.25, 0.3) is 23.1 Å². The van der Waals surface area contributed by atoms with Crippen LogP contribution >= 0.6 is 11.3 Å². The second-order valence-electron chi connectivity index (χ2n) is 4.08. The summed E-state index contributed by atoms with van der Waals surface area (Å²) in [5, 5.41) is 11.8. The molecule has 3 aromatic rings. The van der Waals surface area contributed by atoms with Gasteiger partial charge in [-0.15, -0.1) is 11.3 Å². The van der Waals surface area contributed by atoms with Gasteiger partial charge in [-0.25, -0.2) is 4.98 Å². The maximum Gasteiger partial charge on any atom is 0.295 e. The van der Waals surface area contributed by atoms with Gasteiger partial charge in [-0.2, -0.15) is 0 Å². The van der Waals surface area contributed by atoms with E-state index in [1.165, 1.54) is 17.4 Å². The zero-order valence-corrected chi connectivity index (χ0v) is 11.1. The molecule has 98 valence electrons. The van der Waals surface area contributed by atoms with Gasteiger partial charge in [-0.1, -0.05) is 18.2 Å². The summed E-state index contributed by atoms with van der Waals surface area (Å²) in [6.07, 6.45) is 5.47. The lowest BCUT2D eigenvalue weighted by Crippen LogP contribution is -1.92. The Labute approximate surface area is 118 Å². The number of aromatic nitrogens is 2. The highest BCUT2D eigenvalue weighted by molar-refractivity contribution is 7.10. The van der Waals surface area contributed by atoms with Gasteiger partial charge in [0.15, 0.2) is 0 Å². The minimum absolute atomic E-state index is 0.0236. The number of non-ortho nitro benzene ring substituents is 1. The second kappa shape index (κ2) is 5.18. The Morgan fingerprint density at radius 1 is 1.20 bits per heavy atom. The Bertz CT molecular complexity index is 797. The average Bonchev–Trinajstić information content (AvgIpc) is 2.97. The smallest absolute Gasteiger partial charge is 0.258 e. The van der Waals surface area contributed by atoms with Crippen LogP contribution < -0.4 is 0 Å². The molecule has 0 aliphatic carbocycles. The lowest BCUT2D eigenvalue weighted by Gasteiger charge is -2.00. The maximum atomic E-state index is 11.0. The van der Waals surface area contributed by atoms with E-state index in [4.69, 9.17) is 0 Å². The van der Waals surface area contributed by atoms with Gasteiger partial charge in [-0.3, -0.25) is 15.1 Å². The van der Waals surface area contributed by atoms with Crippen molar-refractivity contribution in [3.8, 4) is 0 Å². The minimum atomic E-state index is -0.411. The summed E-state index contributed by atoms with van der Waals surface area (Å²) in [7, 11) is 0. The van der Waals surface area contributed by atoms with Crippen molar-refractivity contribution in [3.05, 3.63) is 62.7 Å². The van der Waals surface area contributed by atoms with E-state index in [9.17, 15) is 10.1 Å². The molecule has 3 rings (SSSR count). The first-order valence-electron chi connectivity index (χ1n) is 5.85. The molecule has 2 heterocycles. The number of benzene rings is 1. The molecular weight excluding hydrogens is 274 g/mol. The summed E-state index contributed by atoms with van der Waals surface area (Å²) in [4.78, 5) is 19.9. The van der Waals surface area contributed by atoms with Crippen LogP contribution in [-0.4, -0.2) is 14.9 Å². The van der Waals surface area contributed by atoms with Crippen molar-refractivity contribution in [2.24, 2.45) is 0 Å². The first kappa shape index (κ1) is 12.4. The molecule has 5 nitrogen and oxygen atoms in total. The molecule has 0 N–H and O–H groups in total. The summed E-state index contributed by atoms with van der Waals surface area (Å²) in [6.45, 7) is 0. The summed E-state index contributed by atoms with van der Waals surface area (Å²) in [6, 6.07) is 8.61. The number of nitro groups is 1. The van der Waals surface area contributed by atoms with E-state index in [1.54, 1.807) is 17.8 Å². The summed E-state index contributed by atoms with van der Waals surface area (Å²) in [5.41, 5.74) is 2.86. The normalized spacial score (nSPS) is 11.2. The van der Waals surface area contributed by atoms with Crippen molar-refractivity contribution in [2.45, 2.75) is 0 Å². The monoisotopic (exact) mass is 283 g/mol. The number of rotatable bonds is 3. The maximum absolute atomic E-state index is 11.0. The number of pyridine rings is 1. The third-order valence-corrected chi connectivity index (χ3v) is 3.53. The van der Waals surface area contributed by atoms with Crippen molar-refractivity contribution in [2.75, 3.05) is 0 Å².